The van der Waals surface area contributed by atoms with E-state index in [0.717, 1.165) is 16.7 Å². The van der Waals surface area contributed by atoms with Gasteiger partial charge in [-0.15, -0.1) is 0 Å². The summed E-state index contributed by atoms with van der Waals surface area (Å²) in [4.78, 5) is 12.4. The zero-order chi connectivity index (χ0) is 21.6. The molecule has 6 nitrogen and oxygen atoms in total. The van der Waals surface area contributed by atoms with Gasteiger partial charge in [0.1, 0.15) is 30.8 Å². The van der Waals surface area contributed by atoms with Crippen molar-refractivity contribution in [1.82, 2.24) is 0 Å². The van der Waals surface area contributed by atoms with Crippen LogP contribution in [-0.4, -0.2) is 35.3 Å². The van der Waals surface area contributed by atoms with Gasteiger partial charge in [0.05, 0.1) is 6.61 Å². The van der Waals surface area contributed by atoms with Gasteiger partial charge in [0.2, 0.25) is 0 Å². The minimum Gasteiger partial charge on any atom is -0.461 e. The summed E-state index contributed by atoms with van der Waals surface area (Å²) < 4.78 is 16.4. The van der Waals surface area contributed by atoms with Crippen LogP contribution in [0.5, 0.6) is 0 Å². The van der Waals surface area contributed by atoms with Crippen molar-refractivity contribution in [2.75, 3.05) is 13.7 Å². The van der Waals surface area contributed by atoms with Gasteiger partial charge >= 0.3 is 0 Å². The molecule has 0 saturated carbocycles. The number of furan rings is 1. The number of Topliss-reactive ketones (excluding diaryl/α,β-unsaturated/α-hetero) is 1. The molecule has 2 aromatic carbocycles. The Morgan fingerprint density at radius 3 is 2.30 bits per heavy atom. The van der Waals surface area contributed by atoms with E-state index < -0.39 is 24.1 Å². The molecule has 0 fully saturated rings. The van der Waals surface area contributed by atoms with Gasteiger partial charge < -0.3 is 24.1 Å². The number of hydrogen-bond donors (Lipinski definition) is 2. The van der Waals surface area contributed by atoms with E-state index >= 15 is 0 Å². The van der Waals surface area contributed by atoms with Crippen LogP contribution in [0.25, 0.3) is 11.1 Å². The Bertz CT molecular complexity index is 947. The first-order valence-electron chi connectivity index (χ1n) is 9.66. The molecule has 2 atom stereocenters. The van der Waals surface area contributed by atoms with Crippen LogP contribution in [0.2, 0.25) is 0 Å². The van der Waals surface area contributed by atoms with Crippen LogP contribution in [0.15, 0.2) is 71.1 Å². The van der Waals surface area contributed by atoms with E-state index in [4.69, 9.17) is 13.9 Å². The standard InChI is InChI=1S/C24H26O6/c1-24(22(26)14-25,23(27)21-13-12-20(30-21)16-28-2)29-15-17-8-10-19(11-9-17)18-6-4-3-5-7-18/h3-13,23,25,27H,14-16H2,1-2H3/t23-,24+/m0/s1. The quantitative estimate of drug-likeness (QED) is 0.530. The van der Waals surface area contributed by atoms with Crippen molar-refractivity contribution in [2.45, 2.75) is 31.8 Å². The normalized spacial score (nSPS) is 14.3. The SMILES string of the molecule is COCc1ccc([C@H](O)[C@](C)(OCc2ccc(-c3ccccc3)cc2)C(=O)CO)o1. The maximum Gasteiger partial charge on any atom is 0.192 e. The third-order valence-electron chi connectivity index (χ3n) is 5.06. The Morgan fingerprint density at radius 1 is 1.00 bits per heavy atom. The largest absolute Gasteiger partial charge is 0.461 e. The molecule has 3 rings (SSSR count). The summed E-state index contributed by atoms with van der Waals surface area (Å²) in [5, 5.41) is 20.2. The number of benzene rings is 2. The van der Waals surface area contributed by atoms with Gasteiger partial charge in [-0.05, 0) is 35.7 Å². The molecule has 0 spiro atoms. The second kappa shape index (κ2) is 9.82. The van der Waals surface area contributed by atoms with E-state index in [1.807, 2.05) is 54.6 Å². The van der Waals surface area contributed by atoms with Crippen molar-refractivity contribution in [3.05, 3.63) is 83.8 Å². The van der Waals surface area contributed by atoms with Crippen molar-refractivity contribution >= 4 is 5.78 Å². The Labute approximate surface area is 175 Å². The van der Waals surface area contributed by atoms with E-state index in [0.29, 0.717) is 5.76 Å². The Hall–Kier alpha value is -2.77. The first-order valence-corrected chi connectivity index (χ1v) is 9.66. The average molecular weight is 410 g/mol. The van der Waals surface area contributed by atoms with E-state index in [2.05, 4.69) is 0 Å². The number of carbonyl (C=O) groups excluding carboxylic acids is 1. The van der Waals surface area contributed by atoms with Gasteiger partial charge in [-0.2, -0.15) is 0 Å². The number of aliphatic hydroxyl groups is 2. The van der Waals surface area contributed by atoms with Crippen LogP contribution >= 0.6 is 0 Å². The highest BCUT2D eigenvalue weighted by atomic mass is 16.5. The lowest BCUT2D eigenvalue weighted by Crippen LogP contribution is -2.45. The van der Waals surface area contributed by atoms with E-state index in [-0.39, 0.29) is 19.0 Å². The summed E-state index contributed by atoms with van der Waals surface area (Å²) in [5.74, 6) is 0.0493. The van der Waals surface area contributed by atoms with Gasteiger partial charge in [-0.1, -0.05) is 54.6 Å². The molecule has 0 aliphatic carbocycles. The molecule has 0 unspecified atom stereocenters. The number of rotatable bonds is 10. The van der Waals surface area contributed by atoms with Gasteiger partial charge in [-0.25, -0.2) is 0 Å². The number of aliphatic hydroxyl groups excluding tert-OH is 2. The van der Waals surface area contributed by atoms with Crippen LogP contribution in [0.3, 0.4) is 0 Å². The van der Waals surface area contributed by atoms with Crippen molar-refractivity contribution in [1.29, 1.82) is 0 Å². The van der Waals surface area contributed by atoms with Crippen LogP contribution in [-0.2, 0) is 27.5 Å². The lowest BCUT2D eigenvalue weighted by molar-refractivity contribution is -0.168. The maximum absolute atomic E-state index is 12.4. The minimum absolute atomic E-state index is 0.0833. The van der Waals surface area contributed by atoms with Gasteiger partial charge in [0.25, 0.3) is 0 Å². The molecular weight excluding hydrogens is 384 g/mol. The average Bonchev–Trinajstić information content (AvgIpc) is 3.26. The molecule has 0 aliphatic heterocycles. The van der Waals surface area contributed by atoms with Crippen molar-refractivity contribution in [3.8, 4) is 11.1 Å². The predicted octanol–water partition coefficient (Wildman–Crippen LogP) is 3.66. The Balaban J connectivity index is 1.75. The molecule has 1 aromatic heterocycles. The first-order chi connectivity index (χ1) is 14.5. The second-order valence-corrected chi connectivity index (χ2v) is 7.18. The van der Waals surface area contributed by atoms with Crippen LogP contribution in [0, 0.1) is 0 Å². The third-order valence-corrected chi connectivity index (χ3v) is 5.06. The highest BCUT2D eigenvalue weighted by Crippen LogP contribution is 2.33. The van der Waals surface area contributed by atoms with Gasteiger partial charge in [-0.3, -0.25) is 4.79 Å². The summed E-state index contributed by atoms with van der Waals surface area (Å²) >= 11 is 0. The molecule has 3 aromatic rings. The highest BCUT2D eigenvalue weighted by molar-refractivity contribution is 5.88. The highest BCUT2D eigenvalue weighted by Gasteiger charge is 2.43. The molecule has 158 valence electrons. The van der Waals surface area contributed by atoms with Crippen LogP contribution < -0.4 is 0 Å². The molecule has 0 aliphatic rings. The summed E-state index contributed by atoms with van der Waals surface area (Å²) in [6, 6.07) is 21.0. The molecule has 0 radical (unpaired) electrons. The number of ether oxygens (including phenoxy) is 2. The number of hydrogen-bond acceptors (Lipinski definition) is 6. The smallest absolute Gasteiger partial charge is 0.192 e. The first kappa shape index (κ1) is 21.9. The zero-order valence-electron chi connectivity index (χ0n) is 17.1. The molecule has 2 N–H and O–H groups in total. The lowest BCUT2D eigenvalue weighted by atomic mass is 9.92. The fraction of sp³-hybridized carbons (Fsp3) is 0.292. The monoisotopic (exact) mass is 410 g/mol. The fourth-order valence-corrected chi connectivity index (χ4v) is 3.16. The van der Waals surface area contributed by atoms with Crippen molar-refractivity contribution in [3.63, 3.8) is 0 Å². The molecule has 6 heteroatoms. The molecule has 0 bridgehead atoms. The van der Waals surface area contributed by atoms with E-state index in [1.165, 1.54) is 14.0 Å². The summed E-state index contributed by atoms with van der Waals surface area (Å²) in [5.41, 5.74) is 1.33. The van der Waals surface area contributed by atoms with Gasteiger partial charge in [0.15, 0.2) is 11.4 Å². The zero-order valence-corrected chi connectivity index (χ0v) is 17.1. The van der Waals surface area contributed by atoms with Gasteiger partial charge in [0, 0.05) is 7.11 Å². The number of carbonyl (C=O) groups is 1. The van der Waals surface area contributed by atoms with Crippen molar-refractivity contribution in [2.24, 2.45) is 0 Å². The topological polar surface area (TPSA) is 89.1 Å². The predicted molar refractivity (Wildman–Crippen MR) is 112 cm³/mol. The molecular formula is C24H26O6. The second-order valence-electron chi connectivity index (χ2n) is 7.18. The van der Waals surface area contributed by atoms with Crippen LogP contribution in [0.4, 0.5) is 0 Å². The molecule has 0 amide bonds. The maximum atomic E-state index is 12.4. The summed E-state index contributed by atoms with van der Waals surface area (Å²) in [6.07, 6.45) is -1.38. The van der Waals surface area contributed by atoms with E-state index in [9.17, 15) is 15.0 Å². The number of ketones is 1. The van der Waals surface area contributed by atoms with E-state index in [1.54, 1.807) is 12.1 Å². The number of methoxy groups -OCH3 is 1. The summed E-state index contributed by atoms with van der Waals surface area (Å²) in [7, 11) is 1.53. The molecule has 0 saturated heterocycles. The lowest BCUT2D eigenvalue weighted by Gasteiger charge is -2.31. The molecule has 1 heterocycles. The summed E-state index contributed by atoms with van der Waals surface area (Å²) in [6.45, 7) is 1.02. The Morgan fingerprint density at radius 2 is 1.67 bits per heavy atom. The Kier molecular flexibility index (Phi) is 7.18. The van der Waals surface area contributed by atoms with Crippen LogP contribution in [0.1, 0.15) is 30.1 Å². The fourth-order valence-electron chi connectivity index (χ4n) is 3.16. The van der Waals surface area contributed by atoms with Crippen molar-refractivity contribution < 1.29 is 28.9 Å². The molecule has 30 heavy (non-hydrogen) atoms. The minimum atomic E-state index is -1.67. The third kappa shape index (κ3) is 4.86.